The lowest BCUT2D eigenvalue weighted by Crippen LogP contribution is -2.12. The first-order valence-electron chi connectivity index (χ1n) is 2.09. The van der Waals surface area contributed by atoms with Gasteiger partial charge in [-0.1, -0.05) is 0 Å². The Bertz CT molecular complexity index is 192. The van der Waals surface area contributed by atoms with Crippen LogP contribution in [0.5, 0.6) is 0 Å². The average molecular weight is 170 g/mol. The fourth-order valence-electron chi connectivity index (χ4n) is 0.220. The van der Waals surface area contributed by atoms with Crippen molar-refractivity contribution in [1.29, 1.82) is 0 Å². The number of carbonyl (C=O) groups excluding carboxylic acids is 1. The summed E-state index contributed by atoms with van der Waals surface area (Å²) in [5.74, 6) is 0.124. The number of hydrogen-bond donors (Lipinski definition) is 2. The molecule has 0 amide bonds. The van der Waals surface area contributed by atoms with Gasteiger partial charge in [0.1, 0.15) is 0 Å². The van der Waals surface area contributed by atoms with Crippen LogP contribution in [0.25, 0.3) is 0 Å². The quantitative estimate of drug-likeness (QED) is 0.441. The van der Waals surface area contributed by atoms with E-state index < -0.39 is 15.2 Å². The molecule has 0 spiro atoms. The van der Waals surface area contributed by atoms with Gasteiger partial charge in [0.25, 0.3) is 5.12 Å². The van der Waals surface area contributed by atoms with Crippen molar-refractivity contribution in [3.05, 3.63) is 0 Å². The second-order valence-electron chi connectivity index (χ2n) is 1.32. The Kier molecular flexibility index (Phi) is 3.16. The lowest BCUT2D eigenvalue weighted by Gasteiger charge is -1.89. The van der Waals surface area contributed by atoms with Crippen LogP contribution in [0.2, 0.25) is 0 Å². The van der Waals surface area contributed by atoms with E-state index in [1.807, 2.05) is 0 Å². The van der Waals surface area contributed by atoms with Gasteiger partial charge >= 0.3 is 10.1 Å². The third-order valence-electron chi connectivity index (χ3n) is 0.604. The molecule has 0 heterocycles. The van der Waals surface area contributed by atoms with E-state index in [0.717, 1.165) is 0 Å². The Morgan fingerprint density at radius 2 is 2.00 bits per heavy atom. The summed E-state index contributed by atoms with van der Waals surface area (Å²) in [4.78, 5) is 10.2. The fraction of sp³-hybridized carbons (Fsp3) is 0.667. The van der Waals surface area contributed by atoms with Crippen molar-refractivity contribution in [2.75, 3.05) is 5.75 Å². The summed E-state index contributed by atoms with van der Waals surface area (Å²) in [5, 5.41) is -1.18. The number of carbonyl (C=O) groups is 1. The van der Waals surface area contributed by atoms with Crippen LogP contribution in [0, 0.1) is 0 Å². The molecule has 9 heavy (non-hydrogen) atoms. The van der Waals surface area contributed by atoms with E-state index in [1.165, 1.54) is 0 Å². The molecule has 0 aliphatic heterocycles. The van der Waals surface area contributed by atoms with Crippen molar-refractivity contribution in [3.8, 4) is 0 Å². The van der Waals surface area contributed by atoms with Gasteiger partial charge in [0, 0.05) is 6.42 Å². The van der Waals surface area contributed by atoms with Crippen molar-refractivity contribution in [2.24, 2.45) is 0 Å². The summed E-state index contributed by atoms with van der Waals surface area (Å²) in [7, 11) is -4.45. The van der Waals surface area contributed by atoms with E-state index >= 15 is 0 Å². The van der Waals surface area contributed by atoms with Crippen LogP contribution < -0.4 is 0 Å². The normalized spacial score (nSPS) is 11.3. The first-order valence-corrected chi connectivity index (χ1v) is 4.17. The molecule has 0 rings (SSSR count). The SMILES string of the molecule is O=C(CCS)S(=O)(=O)O. The predicted octanol–water partition coefficient (Wildman–Crippen LogP) is -0.279. The molecule has 0 atom stereocenters. The van der Waals surface area contributed by atoms with Crippen molar-refractivity contribution < 1.29 is 17.8 Å². The van der Waals surface area contributed by atoms with E-state index in [9.17, 15) is 13.2 Å². The van der Waals surface area contributed by atoms with E-state index in [2.05, 4.69) is 12.6 Å². The van der Waals surface area contributed by atoms with Gasteiger partial charge in [-0.25, -0.2) is 0 Å². The Hall–Kier alpha value is -0.0700. The molecule has 0 saturated carbocycles. The minimum Gasteiger partial charge on any atom is -0.280 e. The molecule has 6 heteroatoms. The second kappa shape index (κ2) is 3.19. The van der Waals surface area contributed by atoms with E-state index in [1.54, 1.807) is 0 Å². The predicted molar refractivity (Wildman–Crippen MR) is 35.0 cm³/mol. The number of hydrogen-bond acceptors (Lipinski definition) is 4. The third kappa shape index (κ3) is 3.50. The second-order valence-corrected chi connectivity index (χ2v) is 3.17. The van der Waals surface area contributed by atoms with Gasteiger partial charge < -0.3 is 0 Å². The summed E-state index contributed by atoms with van der Waals surface area (Å²) in [5.41, 5.74) is 0. The first kappa shape index (κ1) is 8.93. The summed E-state index contributed by atoms with van der Waals surface area (Å²) in [6, 6.07) is 0. The molecule has 0 unspecified atom stereocenters. The molecule has 0 aromatic heterocycles. The Morgan fingerprint density at radius 1 is 1.56 bits per heavy atom. The highest BCUT2D eigenvalue weighted by molar-refractivity contribution is 8.01. The lowest BCUT2D eigenvalue weighted by atomic mass is 10.5. The van der Waals surface area contributed by atoms with Gasteiger partial charge in [-0.05, 0) is 5.75 Å². The Morgan fingerprint density at radius 3 is 2.11 bits per heavy atom. The topological polar surface area (TPSA) is 71.4 Å². The van der Waals surface area contributed by atoms with Gasteiger partial charge in [0.15, 0.2) is 0 Å². The summed E-state index contributed by atoms with van der Waals surface area (Å²) in [6.07, 6.45) is -0.248. The molecular formula is C3H6O4S2. The highest BCUT2D eigenvalue weighted by Crippen LogP contribution is 1.92. The highest BCUT2D eigenvalue weighted by atomic mass is 32.2. The number of thiol groups is 1. The van der Waals surface area contributed by atoms with Gasteiger partial charge in [-0.2, -0.15) is 21.0 Å². The molecule has 0 saturated heterocycles. The maximum absolute atomic E-state index is 10.2. The van der Waals surface area contributed by atoms with Crippen LogP contribution in [0.1, 0.15) is 6.42 Å². The molecule has 0 radical (unpaired) electrons. The van der Waals surface area contributed by atoms with Crippen LogP contribution in [0.15, 0.2) is 0 Å². The zero-order valence-electron chi connectivity index (χ0n) is 4.44. The van der Waals surface area contributed by atoms with Gasteiger partial charge in [0.05, 0.1) is 0 Å². The van der Waals surface area contributed by atoms with Crippen molar-refractivity contribution in [1.82, 2.24) is 0 Å². The van der Waals surface area contributed by atoms with E-state index in [0.29, 0.717) is 0 Å². The minimum absolute atomic E-state index is 0.124. The van der Waals surface area contributed by atoms with Crippen LogP contribution in [0.4, 0.5) is 0 Å². The first-order chi connectivity index (χ1) is 3.98. The molecule has 0 aromatic carbocycles. The molecule has 0 aliphatic carbocycles. The number of rotatable bonds is 2. The largest absolute Gasteiger partial charge is 0.328 e. The van der Waals surface area contributed by atoms with Crippen molar-refractivity contribution >= 4 is 27.9 Å². The molecular weight excluding hydrogens is 164 g/mol. The van der Waals surface area contributed by atoms with Crippen molar-refractivity contribution in [3.63, 3.8) is 0 Å². The molecule has 0 bridgehead atoms. The van der Waals surface area contributed by atoms with Crippen LogP contribution in [0.3, 0.4) is 0 Å². The van der Waals surface area contributed by atoms with Crippen LogP contribution in [-0.4, -0.2) is 23.8 Å². The molecule has 54 valence electrons. The summed E-state index contributed by atoms with van der Waals surface area (Å²) in [6.45, 7) is 0. The molecule has 0 aliphatic rings. The van der Waals surface area contributed by atoms with E-state index in [-0.39, 0.29) is 12.2 Å². The van der Waals surface area contributed by atoms with Gasteiger partial charge in [-0.15, -0.1) is 0 Å². The smallest absolute Gasteiger partial charge is 0.280 e. The van der Waals surface area contributed by atoms with Gasteiger partial charge in [-0.3, -0.25) is 9.35 Å². The zero-order valence-corrected chi connectivity index (χ0v) is 6.15. The minimum atomic E-state index is -4.45. The Labute approximate surface area is 58.4 Å². The Balaban J connectivity index is 4.08. The maximum Gasteiger partial charge on any atom is 0.328 e. The fourth-order valence-corrected chi connectivity index (χ4v) is 0.935. The van der Waals surface area contributed by atoms with E-state index in [4.69, 9.17) is 4.55 Å². The van der Waals surface area contributed by atoms with Crippen molar-refractivity contribution in [2.45, 2.75) is 6.42 Å². The highest BCUT2D eigenvalue weighted by Gasteiger charge is 2.15. The molecule has 4 nitrogen and oxygen atoms in total. The zero-order chi connectivity index (χ0) is 7.49. The molecule has 0 fully saturated rings. The third-order valence-corrected chi connectivity index (χ3v) is 1.61. The van der Waals surface area contributed by atoms with Crippen LogP contribution in [-0.2, 0) is 14.9 Å². The summed E-state index contributed by atoms with van der Waals surface area (Å²) < 4.78 is 27.8. The molecule has 1 N–H and O–H groups in total. The maximum atomic E-state index is 10.2. The monoisotopic (exact) mass is 170 g/mol. The lowest BCUT2D eigenvalue weighted by molar-refractivity contribution is -0.111. The molecule has 0 aromatic rings. The van der Waals surface area contributed by atoms with Gasteiger partial charge in [0.2, 0.25) is 0 Å². The standard InChI is InChI=1S/C3H6O4S2/c4-3(1-2-8)9(5,6)7/h8H,1-2H2,(H,5,6,7). The summed E-state index contributed by atoms with van der Waals surface area (Å²) >= 11 is 3.60. The average Bonchev–Trinajstić information content (AvgIpc) is 1.64. The van der Waals surface area contributed by atoms with Crippen LogP contribution >= 0.6 is 12.6 Å².